The minimum Gasteiger partial charge on any atom is -0.508 e. The Bertz CT molecular complexity index is 1230. The first kappa shape index (κ1) is 26.6. The lowest BCUT2D eigenvalue weighted by atomic mass is 9.54. The number of esters is 1. The molecule has 200 valence electrons. The van der Waals surface area contributed by atoms with E-state index in [0.717, 1.165) is 0 Å². The van der Waals surface area contributed by atoms with Gasteiger partial charge in [-0.1, -0.05) is 13.0 Å². The number of ketones is 2. The van der Waals surface area contributed by atoms with E-state index in [1.807, 2.05) is 0 Å². The van der Waals surface area contributed by atoms with Gasteiger partial charge in [0.2, 0.25) is 5.91 Å². The molecule has 8 N–H and O–H groups in total. The van der Waals surface area contributed by atoms with E-state index in [2.05, 4.69) is 5.32 Å². The summed E-state index contributed by atoms with van der Waals surface area (Å²) in [6.07, 6.45) is -3.60. The third-order valence-electron chi connectivity index (χ3n) is 7.83. The summed E-state index contributed by atoms with van der Waals surface area (Å²) in [5.74, 6) is -10.7. The molecule has 0 aliphatic heterocycles. The van der Waals surface area contributed by atoms with Crippen LogP contribution in [-0.4, -0.2) is 79.4 Å². The summed E-state index contributed by atoms with van der Waals surface area (Å²) in [6.45, 7) is 4.91. The molecule has 12 heteroatoms. The van der Waals surface area contributed by atoms with E-state index < -0.39 is 94.5 Å². The lowest BCUT2D eigenvalue weighted by Gasteiger charge is -2.52. The maximum atomic E-state index is 13.7. The Labute approximate surface area is 211 Å². The predicted molar refractivity (Wildman–Crippen MR) is 126 cm³/mol. The van der Waals surface area contributed by atoms with Gasteiger partial charge in [0.25, 0.3) is 0 Å². The first-order valence-corrected chi connectivity index (χ1v) is 12.0. The molecule has 0 bridgehead atoms. The molecular weight excluding hydrogens is 488 g/mol. The van der Waals surface area contributed by atoms with Gasteiger partial charge in [-0.05, 0) is 37.8 Å². The topological polar surface area (TPSA) is 217 Å². The van der Waals surface area contributed by atoms with Gasteiger partial charge in [-0.15, -0.1) is 0 Å². The van der Waals surface area contributed by atoms with Crippen LogP contribution < -0.4 is 11.1 Å². The number of hydrogen-bond donors (Lipinski definition) is 7. The van der Waals surface area contributed by atoms with Gasteiger partial charge < -0.3 is 41.3 Å². The molecule has 1 aromatic carbocycles. The smallest absolute Gasteiger partial charge is 0.328 e. The summed E-state index contributed by atoms with van der Waals surface area (Å²) in [5.41, 5.74) is 2.03. The second-order valence-electron chi connectivity index (χ2n) is 9.86. The molecule has 1 saturated carbocycles. The number of benzene rings is 1. The Hall–Kier alpha value is -3.48. The molecule has 37 heavy (non-hydrogen) atoms. The van der Waals surface area contributed by atoms with Gasteiger partial charge in [0.05, 0.1) is 30.1 Å². The number of carbonyl (C=O) groups is 4. The summed E-state index contributed by atoms with van der Waals surface area (Å²) in [5, 5.41) is 57.9. The van der Waals surface area contributed by atoms with Crippen molar-refractivity contribution in [2.75, 3.05) is 11.9 Å². The van der Waals surface area contributed by atoms with Crippen LogP contribution in [0.15, 0.2) is 23.5 Å². The number of phenols is 1. The molecular formula is C25H30N2O10. The Morgan fingerprint density at radius 1 is 1.24 bits per heavy atom. The molecule has 12 nitrogen and oxygen atoms in total. The molecule has 1 fully saturated rings. The molecule has 0 saturated heterocycles. The average Bonchev–Trinajstić information content (AvgIpc) is 2.82. The number of hydrogen-bond acceptors (Lipinski definition) is 11. The highest BCUT2D eigenvalue weighted by molar-refractivity contribution is 6.16. The number of amides is 1. The van der Waals surface area contributed by atoms with Gasteiger partial charge in [0, 0.05) is 17.4 Å². The highest BCUT2D eigenvalue weighted by atomic mass is 16.5. The van der Waals surface area contributed by atoms with Crippen LogP contribution in [0, 0.1) is 17.8 Å². The quantitative estimate of drug-likeness (QED) is 0.152. The normalized spacial score (nSPS) is 33.7. The standard InChI is InChI=1S/C25H30N2O10/c1-4-37-24(35)9(3)27-12-6-5-10-8(2)14-17(20(31)15(10)19(12)30)22(33)25(36)11(18(14)29)7-13(28)16(21(25)32)23(26)34/h5-6,8-9,11,13-14,16,18,27-30,33,36H,4,7H2,1-3H3,(H2,26,34)/t8-,9?,11+,13?,14+,16?,18+,25+/m0/s1. The number of phenolic OH excluding ortho intramolecular Hbond substituents is 1. The number of primary amides is 1. The summed E-state index contributed by atoms with van der Waals surface area (Å²) in [7, 11) is 0. The summed E-state index contributed by atoms with van der Waals surface area (Å²) in [4.78, 5) is 50.7. The van der Waals surface area contributed by atoms with Crippen molar-refractivity contribution in [2.24, 2.45) is 23.5 Å². The third-order valence-corrected chi connectivity index (χ3v) is 7.83. The van der Waals surface area contributed by atoms with Gasteiger partial charge in [0.1, 0.15) is 23.5 Å². The van der Waals surface area contributed by atoms with Gasteiger partial charge >= 0.3 is 5.97 Å². The van der Waals surface area contributed by atoms with E-state index in [9.17, 15) is 44.7 Å². The van der Waals surface area contributed by atoms with Crippen LogP contribution in [0.5, 0.6) is 5.75 Å². The fraction of sp³-hybridized carbons (Fsp3) is 0.520. The number of rotatable bonds is 5. The highest BCUT2D eigenvalue weighted by Gasteiger charge is 2.66. The number of Topliss-reactive ketones (excluding diaryl/α,β-unsaturated/α-hetero) is 2. The van der Waals surface area contributed by atoms with E-state index >= 15 is 0 Å². The fourth-order valence-electron chi connectivity index (χ4n) is 5.98. The maximum Gasteiger partial charge on any atom is 0.328 e. The average molecular weight is 519 g/mol. The molecule has 0 radical (unpaired) electrons. The monoisotopic (exact) mass is 518 g/mol. The fourth-order valence-corrected chi connectivity index (χ4v) is 5.98. The van der Waals surface area contributed by atoms with E-state index in [1.165, 1.54) is 19.1 Å². The highest BCUT2D eigenvalue weighted by Crippen LogP contribution is 2.55. The molecule has 0 aromatic heterocycles. The molecule has 4 rings (SSSR count). The van der Waals surface area contributed by atoms with Gasteiger partial charge in [-0.25, -0.2) is 4.79 Å². The number of aliphatic hydroxyl groups excluding tert-OH is 3. The first-order valence-electron chi connectivity index (χ1n) is 12.0. The lowest BCUT2D eigenvalue weighted by molar-refractivity contribution is -0.179. The van der Waals surface area contributed by atoms with E-state index in [-0.39, 0.29) is 17.9 Å². The second kappa shape index (κ2) is 9.12. The molecule has 1 amide bonds. The van der Waals surface area contributed by atoms with Gasteiger partial charge in [-0.3, -0.25) is 14.4 Å². The Balaban J connectivity index is 1.84. The van der Waals surface area contributed by atoms with Gasteiger partial charge in [-0.2, -0.15) is 0 Å². The zero-order valence-corrected chi connectivity index (χ0v) is 20.5. The van der Waals surface area contributed by atoms with Crippen LogP contribution in [-0.2, 0) is 19.1 Å². The number of fused-ring (bicyclic) bond motifs is 3. The zero-order valence-electron chi connectivity index (χ0n) is 20.5. The van der Waals surface area contributed by atoms with Crippen molar-refractivity contribution in [1.82, 2.24) is 0 Å². The van der Waals surface area contributed by atoms with E-state index in [0.29, 0.717) is 5.56 Å². The van der Waals surface area contributed by atoms with Crippen molar-refractivity contribution < 1.29 is 49.4 Å². The molecule has 0 heterocycles. The number of ether oxygens (including phenoxy) is 1. The lowest BCUT2D eigenvalue weighted by Crippen LogP contribution is -2.67. The SMILES string of the molecule is CCOC(=O)C(C)Nc1ccc2c(c1O)C(=O)C1=C(O)[C@]3(O)C(=O)C(C(N)=O)C(O)C[C@@H]3[C@@H](O)[C@@H]1[C@H]2C. The second-order valence-corrected chi connectivity index (χ2v) is 9.86. The minimum atomic E-state index is -2.85. The number of nitrogens with two attached hydrogens (primary N) is 1. The van der Waals surface area contributed by atoms with Crippen LogP contribution in [0.1, 0.15) is 49.0 Å². The van der Waals surface area contributed by atoms with Crippen LogP contribution in [0.3, 0.4) is 0 Å². The van der Waals surface area contributed by atoms with Crippen LogP contribution >= 0.6 is 0 Å². The molecule has 0 spiro atoms. The Morgan fingerprint density at radius 2 is 1.89 bits per heavy atom. The molecule has 3 aliphatic rings. The minimum absolute atomic E-state index is 0.0250. The summed E-state index contributed by atoms with van der Waals surface area (Å²) in [6, 6.07) is 2.11. The van der Waals surface area contributed by atoms with Crippen LogP contribution in [0.4, 0.5) is 5.69 Å². The van der Waals surface area contributed by atoms with Crippen molar-refractivity contribution in [2.45, 2.75) is 57.0 Å². The molecule has 3 aliphatic carbocycles. The number of nitrogens with one attached hydrogen (secondary N) is 1. The molecule has 3 unspecified atom stereocenters. The largest absolute Gasteiger partial charge is 0.508 e. The third kappa shape index (κ3) is 3.70. The number of carbonyl (C=O) groups excluding carboxylic acids is 4. The van der Waals surface area contributed by atoms with Crippen molar-refractivity contribution in [3.05, 3.63) is 34.6 Å². The number of anilines is 1. The van der Waals surface area contributed by atoms with Crippen molar-refractivity contribution in [3.63, 3.8) is 0 Å². The predicted octanol–water partition coefficient (Wildman–Crippen LogP) is -0.359. The van der Waals surface area contributed by atoms with Crippen molar-refractivity contribution >= 4 is 29.1 Å². The molecule has 1 aromatic rings. The molecule has 8 atom stereocenters. The Morgan fingerprint density at radius 3 is 2.49 bits per heavy atom. The van der Waals surface area contributed by atoms with E-state index in [1.54, 1.807) is 13.8 Å². The van der Waals surface area contributed by atoms with Crippen molar-refractivity contribution in [1.29, 1.82) is 0 Å². The maximum absolute atomic E-state index is 13.7. The van der Waals surface area contributed by atoms with Crippen molar-refractivity contribution in [3.8, 4) is 5.75 Å². The number of aliphatic hydroxyl groups is 4. The number of aromatic hydroxyl groups is 1. The van der Waals surface area contributed by atoms with Gasteiger partial charge in [0.15, 0.2) is 17.2 Å². The summed E-state index contributed by atoms with van der Waals surface area (Å²) < 4.78 is 4.94. The van der Waals surface area contributed by atoms with E-state index in [4.69, 9.17) is 10.5 Å². The first-order chi connectivity index (χ1) is 17.3. The zero-order chi connectivity index (χ0) is 27.6. The summed E-state index contributed by atoms with van der Waals surface area (Å²) >= 11 is 0. The Kier molecular flexibility index (Phi) is 6.55. The van der Waals surface area contributed by atoms with Crippen LogP contribution in [0.25, 0.3) is 0 Å². The van der Waals surface area contributed by atoms with Crippen LogP contribution in [0.2, 0.25) is 0 Å².